The van der Waals surface area contributed by atoms with Crippen LogP contribution in [0.1, 0.15) is 19.4 Å². The normalized spacial score (nSPS) is 11.7. The molecule has 3 nitrogen and oxygen atoms in total. The molecule has 0 saturated heterocycles. The fourth-order valence-corrected chi connectivity index (χ4v) is 2.94. The highest BCUT2D eigenvalue weighted by Gasteiger charge is 2.43. The van der Waals surface area contributed by atoms with Gasteiger partial charge in [-0.15, -0.1) is 0 Å². The average Bonchev–Trinajstić information content (AvgIpc) is 2.55. The minimum Gasteiger partial charge on any atom is -0.307 e. The van der Waals surface area contributed by atoms with Gasteiger partial charge in [0, 0.05) is 0 Å². The summed E-state index contributed by atoms with van der Waals surface area (Å²) in [4.78, 5) is 0. The van der Waals surface area contributed by atoms with Gasteiger partial charge in [0.15, 0.2) is 0 Å². The predicted octanol–water partition coefficient (Wildman–Crippen LogP) is 4.56. The van der Waals surface area contributed by atoms with Crippen LogP contribution in [0.2, 0.25) is 0 Å². The van der Waals surface area contributed by atoms with Crippen molar-refractivity contribution >= 4 is 8.46 Å². The smallest absolute Gasteiger partial charge is 0.307 e. The van der Waals surface area contributed by atoms with Gasteiger partial charge < -0.3 is 9.47 Å². The van der Waals surface area contributed by atoms with Crippen LogP contribution in [0.25, 0.3) is 11.1 Å². The zero-order valence-corrected chi connectivity index (χ0v) is 13.3. The van der Waals surface area contributed by atoms with Gasteiger partial charge in [-0.1, -0.05) is 47.0 Å². The number of ether oxygens (including phenoxy) is 2. The van der Waals surface area contributed by atoms with E-state index in [4.69, 9.17) is 9.47 Å². The Kier molecular flexibility index (Phi) is 5.63. The van der Waals surface area contributed by atoms with E-state index >= 15 is 0 Å². The maximum Gasteiger partial charge on any atom is 0.400 e. The van der Waals surface area contributed by atoms with E-state index in [9.17, 15) is 4.57 Å². The molecule has 1 unspecified atom stereocenters. The van der Waals surface area contributed by atoms with Gasteiger partial charge >= 0.3 is 14.0 Å². The first-order chi connectivity index (χ1) is 10.3. The zero-order valence-electron chi connectivity index (χ0n) is 12.3. The van der Waals surface area contributed by atoms with Crippen molar-refractivity contribution in [2.24, 2.45) is 0 Å². The number of hydrogen-bond donors (Lipinski definition) is 0. The molecule has 2 rings (SSSR count). The monoisotopic (exact) mass is 303 g/mol. The SMILES string of the molecule is CCOC(OCC)([PH+]=O)c1ccc(-c2ccccc2)cc1. The molecule has 110 valence electrons. The summed E-state index contributed by atoms with van der Waals surface area (Å²) in [5.41, 5.74) is 1.88. The molecule has 0 N–H and O–H groups in total. The van der Waals surface area contributed by atoms with Crippen LogP contribution in [0.5, 0.6) is 0 Å². The molecule has 0 amide bonds. The molecule has 0 radical (unpaired) electrons. The summed E-state index contributed by atoms with van der Waals surface area (Å²) in [5.74, 6) is 0. The minimum absolute atomic E-state index is 0.440. The Morgan fingerprint density at radius 3 is 1.86 bits per heavy atom. The molecular weight excluding hydrogens is 283 g/mol. The average molecular weight is 303 g/mol. The second-order valence-corrected chi connectivity index (χ2v) is 5.39. The van der Waals surface area contributed by atoms with Crippen LogP contribution in [0, 0.1) is 0 Å². The van der Waals surface area contributed by atoms with Crippen LogP contribution in [0.15, 0.2) is 54.6 Å². The van der Waals surface area contributed by atoms with E-state index in [1.165, 1.54) is 0 Å². The van der Waals surface area contributed by atoms with Crippen LogP contribution in [0.3, 0.4) is 0 Å². The van der Waals surface area contributed by atoms with Gasteiger partial charge in [0.25, 0.3) is 0 Å². The quantitative estimate of drug-likeness (QED) is 0.555. The number of hydrogen-bond acceptors (Lipinski definition) is 3. The highest BCUT2D eigenvalue weighted by Crippen LogP contribution is 2.38. The molecule has 0 aliphatic rings. The Balaban J connectivity index is 2.33. The van der Waals surface area contributed by atoms with Gasteiger partial charge in [0.1, 0.15) is 0 Å². The molecule has 0 aliphatic carbocycles. The van der Waals surface area contributed by atoms with Gasteiger partial charge in [0.2, 0.25) is 0 Å². The summed E-state index contributed by atoms with van der Waals surface area (Å²) in [7, 11) is -0.721. The van der Waals surface area contributed by atoms with Gasteiger partial charge in [-0.25, -0.2) is 0 Å². The molecule has 2 aromatic rings. The predicted molar refractivity (Wildman–Crippen MR) is 85.8 cm³/mol. The van der Waals surface area contributed by atoms with E-state index < -0.39 is 14.0 Å². The fourth-order valence-electron chi connectivity index (χ4n) is 2.25. The second kappa shape index (κ2) is 7.46. The van der Waals surface area contributed by atoms with E-state index in [0.717, 1.165) is 16.7 Å². The zero-order chi connectivity index (χ0) is 15.1. The molecule has 0 fully saturated rings. The summed E-state index contributed by atoms with van der Waals surface area (Å²) in [6.45, 7) is 4.61. The molecule has 0 bridgehead atoms. The topological polar surface area (TPSA) is 35.5 Å². The third kappa shape index (κ3) is 3.56. The van der Waals surface area contributed by atoms with Crippen molar-refractivity contribution in [3.8, 4) is 11.1 Å². The third-order valence-corrected chi connectivity index (χ3v) is 4.05. The van der Waals surface area contributed by atoms with Crippen LogP contribution < -0.4 is 0 Å². The lowest BCUT2D eigenvalue weighted by Crippen LogP contribution is -2.27. The highest BCUT2D eigenvalue weighted by molar-refractivity contribution is 7.24. The van der Waals surface area contributed by atoms with Crippen LogP contribution in [-0.2, 0) is 19.6 Å². The third-order valence-electron chi connectivity index (χ3n) is 3.20. The van der Waals surface area contributed by atoms with Gasteiger partial charge in [-0.2, -0.15) is 0 Å². The lowest BCUT2D eigenvalue weighted by Gasteiger charge is -2.20. The molecule has 0 heterocycles. The summed E-state index contributed by atoms with van der Waals surface area (Å²) in [6, 6.07) is 17.9. The van der Waals surface area contributed by atoms with E-state index in [1.807, 2.05) is 56.3 Å². The van der Waals surface area contributed by atoms with Crippen molar-refractivity contribution in [1.82, 2.24) is 0 Å². The van der Waals surface area contributed by atoms with E-state index in [0.29, 0.717) is 13.2 Å². The summed E-state index contributed by atoms with van der Waals surface area (Å²) in [5, 5.41) is 0. The maximum atomic E-state index is 11.7. The van der Waals surface area contributed by atoms with Crippen molar-refractivity contribution < 1.29 is 14.0 Å². The van der Waals surface area contributed by atoms with Gasteiger partial charge in [-0.3, -0.25) is 0 Å². The van der Waals surface area contributed by atoms with Gasteiger partial charge in [-0.05, 0) is 37.1 Å². The first-order valence-corrected chi connectivity index (χ1v) is 7.99. The molecule has 1 atom stereocenters. The van der Waals surface area contributed by atoms with Crippen molar-refractivity contribution in [2.45, 2.75) is 19.4 Å². The van der Waals surface area contributed by atoms with E-state index in [1.54, 1.807) is 0 Å². The molecule has 0 aliphatic heterocycles. The number of benzene rings is 2. The first kappa shape index (κ1) is 15.8. The van der Waals surface area contributed by atoms with Crippen molar-refractivity contribution in [3.63, 3.8) is 0 Å². The maximum absolute atomic E-state index is 11.7. The Bertz CT molecular complexity index is 560. The fraction of sp³-hybridized carbons (Fsp3) is 0.294. The molecule has 21 heavy (non-hydrogen) atoms. The largest absolute Gasteiger partial charge is 0.400 e. The van der Waals surface area contributed by atoms with Crippen molar-refractivity contribution in [3.05, 3.63) is 60.2 Å². The van der Waals surface area contributed by atoms with Crippen LogP contribution >= 0.6 is 8.46 Å². The Morgan fingerprint density at radius 1 is 0.857 bits per heavy atom. The van der Waals surface area contributed by atoms with Crippen LogP contribution in [0.4, 0.5) is 0 Å². The Labute approximate surface area is 127 Å². The molecule has 0 spiro atoms. The summed E-state index contributed by atoms with van der Waals surface area (Å²) < 4.78 is 22.9. The Morgan fingerprint density at radius 2 is 1.38 bits per heavy atom. The summed E-state index contributed by atoms with van der Waals surface area (Å²) >= 11 is 0. The lowest BCUT2D eigenvalue weighted by atomic mass is 10.0. The van der Waals surface area contributed by atoms with E-state index in [2.05, 4.69) is 12.1 Å². The minimum atomic E-state index is -1.15. The highest BCUT2D eigenvalue weighted by atomic mass is 31.1. The molecule has 2 aromatic carbocycles. The summed E-state index contributed by atoms with van der Waals surface area (Å²) in [6.07, 6.45) is 0. The number of rotatable bonds is 7. The first-order valence-electron chi connectivity index (χ1n) is 7.09. The van der Waals surface area contributed by atoms with Crippen LogP contribution in [-0.4, -0.2) is 13.2 Å². The van der Waals surface area contributed by atoms with Crippen molar-refractivity contribution in [2.75, 3.05) is 13.2 Å². The molecule has 4 heteroatoms. The molecule has 0 saturated carbocycles. The van der Waals surface area contributed by atoms with Gasteiger partial charge in [0.05, 0.1) is 18.8 Å². The Hall–Kier alpha value is -1.54. The second-order valence-electron chi connectivity index (χ2n) is 4.53. The molecular formula is C17H20O3P+. The standard InChI is InChI=1S/C17H19O3P/c1-3-19-17(21-18,20-4-2)16-12-10-15(11-13-16)14-8-6-5-7-9-14/h5-13H,3-4H2,1-2H3/p+1. The lowest BCUT2D eigenvalue weighted by molar-refractivity contribution is -0.176. The van der Waals surface area contributed by atoms with Crippen molar-refractivity contribution in [1.29, 1.82) is 0 Å². The molecule has 0 aromatic heterocycles. The van der Waals surface area contributed by atoms with E-state index in [-0.39, 0.29) is 0 Å².